The number of hydrogen-bond donors (Lipinski definition) is 1. The van der Waals surface area contributed by atoms with Crippen molar-refractivity contribution in [1.82, 2.24) is 10.1 Å². The summed E-state index contributed by atoms with van der Waals surface area (Å²) >= 11 is 0. The predicted octanol–water partition coefficient (Wildman–Crippen LogP) is 3.53. The highest BCUT2D eigenvalue weighted by Gasteiger charge is 2.10. The molecule has 0 aliphatic carbocycles. The molecule has 0 radical (unpaired) electrons. The second-order valence-corrected chi connectivity index (χ2v) is 5.70. The van der Waals surface area contributed by atoms with Crippen LogP contribution in [0.3, 0.4) is 0 Å². The molecule has 0 fully saturated rings. The van der Waals surface area contributed by atoms with E-state index in [9.17, 15) is 4.79 Å². The summed E-state index contributed by atoms with van der Waals surface area (Å²) in [4.78, 5) is 16.5. The Morgan fingerprint density at radius 1 is 1.15 bits per heavy atom. The fourth-order valence-corrected chi connectivity index (χ4v) is 2.36. The molecule has 0 bridgehead atoms. The molecule has 26 heavy (non-hydrogen) atoms. The molecule has 1 amide bonds. The van der Waals surface area contributed by atoms with Gasteiger partial charge in [-0.05, 0) is 48.9 Å². The second-order valence-electron chi connectivity index (χ2n) is 5.70. The molecule has 7 heteroatoms. The lowest BCUT2D eigenvalue weighted by Crippen LogP contribution is -2.12. The Morgan fingerprint density at radius 2 is 1.92 bits per heavy atom. The zero-order valence-corrected chi connectivity index (χ0v) is 14.8. The lowest BCUT2D eigenvalue weighted by molar-refractivity contribution is 0.102. The van der Waals surface area contributed by atoms with Gasteiger partial charge in [-0.3, -0.25) is 4.79 Å². The van der Waals surface area contributed by atoms with Crippen LogP contribution in [0.1, 0.15) is 27.6 Å². The van der Waals surface area contributed by atoms with Crippen molar-refractivity contribution in [3.8, 4) is 11.5 Å². The molecule has 3 aromatic rings. The second kappa shape index (κ2) is 7.69. The molecule has 134 valence electrons. The van der Waals surface area contributed by atoms with E-state index in [-0.39, 0.29) is 12.5 Å². The SMILES string of the molecule is COc1ccc(C)cc1NC(=O)c1ccc(OCc2noc(C)n2)cc1. The van der Waals surface area contributed by atoms with E-state index in [1.165, 1.54) is 0 Å². The number of aromatic nitrogens is 2. The minimum Gasteiger partial charge on any atom is -0.495 e. The van der Waals surface area contributed by atoms with Crippen molar-refractivity contribution in [2.24, 2.45) is 0 Å². The zero-order valence-electron chi connectivity index (χ0n) is 14.8. The number of nitrogens with one attached hydrogen (secondary N) is 1. The predicted molar refractivity (Wildman–Crippen MR) is 95.5 cm³/mol. The van der Waals surface area contributed by atoms with Crippen LogP contribution in [-0.2, 0) is 6.61 Å². The van der Waals surface area contributed by atoms with Crippen LogP contribution in [0.25, 0.3) is 0 Å². The Bertz CT molecular complexity index is 903. The molecule has 2 aromatic carbocycles. The van der Waals surface area contributed by atoms with E-state index in [1.54, 1.807) is 38.3 Å². The molecule has 0 saturated carbocycles. The lowest BCUT2D eigenvalue weighted by atomic mass is 10.1. The Balaban J connectivity index is 1.64. The van der Waals surface area contributed by atoms with Gasteiger partial charge in [-0.2, -0.15) is 4.98 Å². The zero-order chi connectivity index (χ0) is 18.5. The molecule has 0 saturated heterocycles. The van der Waals surface area contributed by atoms with Crippen molar-refractivity contribution in [2.45, 2.75) is 20.5 Å². The average molecular weight is 353 g/mol. The summed E-state index contributed by atoms with van der Waals surface area (Å²) in [5, 5.41) is 6.62. The number of ether oxygens (including phenoxy) is 2. The van der Waals surface area contributed by atoms with Gasteiger partial charge < -0.3 is 19.3 Å². The van der Waals surface area contributed by atoms with Crippen molar-refractivity contribution in [2.75, 3.05) is 12.4 Å². The highest BCUT2D eigenvalue weighted by molar-refractivity contribution is 6.05. The average Bonchev–Trinajstić information content (AvgIpc) is 3.06. The molecule has 7 nitrogen and oxygen atoms in total. The van der Waals surface area contributed by atoms with E-state index in [4.69, 9.17) is 14.0 Å². The number of methoxy groups -OCH3 is 1. The van der Waals surface area contributed by atoms with Gasteiger partial charge >= 0.3 is 0 Å². The van der Waals surface area contributed by atoms with Crippen molar-refractivity contribution in [3.05, 3.63) is 65.3 Å². The van der Waals surface area contributed by atoms with Crippen LogP contribution in [0, 0.1) is 13.8 Å². The third-order valence-corrected chi connectivity index (χ3v) is 3.66. The van der Waals surface area contributed by atoms with Crippen LogP contribution < -0.4 is 14.8 Å². The lowest BCUT2D eigenvalue weighted by Gasteiger charge is -2.11. The number of anilines is 1. The molecule has 3 rings (SSSR count). The van der Waals surface area contributed by atoms with Crippen LogP contribution in [0.15, 0.2) is 47.0 Å². The standard InChI is InChI=1S/C19H19N3O4/c1-12-4-9-17(24-3)16(10-12)21-19(23)14-5-7-15(8-6-14)25-11-18-20-13(2)26-22-18/h4-10H,11H2,1-3H3,(H,21,23). The smallest absolute Gasteiger partial charge is 0.255 e. The molecule has 0 atom stereocenters. The van der Waals surface area contributed by atoms with E-state index in [0.29, 0.717) is 34.5 Å². The number of aryl methyl sites for hydroxylation is 2. The molecule has 0 aliphatic heterocycles. The summed E-state index contributed by atoms with van der Waals surface area (Å²) in [5.41, 5.74) is 2.17. The molecular weight excluding hydrogens is 334 g/mol. The minimum atomic E-state index is -0.228. The monoisotopic (exact) mass is 353 g/mol. The van der Waals surface area contributed by atoms with Gasteiger partial charge in [0.15, 0.2) is 6.61 Å². The summed E-state index contributed by atoms with van der Waals surface area (Å²) in [7, 11) is 1.57. The van der Waals surface area contributed by atoms with Crippen LogP contribution in [0.5, 0.6) is 11.5 Å². The molecular formula is C19H19N3O4. The minimum absolute atomic E-state index is 0.198. The molecule has 1 N–H and O–H groups in total. The number of carbonyl (C=O) groups is 1. The van der Waals surface area contributed by atoms with E-state index in [2.05, 4.69) is 15.5 Å². The fourth-order valence-electron chi connectivity index (χ4n) is 2.36. The quantitative estimate of drug-likeness (QED) is 0.729. The highest BCUT2D eigenvalue weighted by Crippen LogP contribution is 2.26. The molecule has 0 unspecified atom stereocenters. The Hall–Kier alpha value is -3.35. The van der Waals surface area contributed by atoms with Crippen LogP contribution >= 0.6 is 0 Å². The Kier molecular flexibility index (Phi) is 5.17. The summed E-state index contributed by atoms with van der Waals surface area (Å²) in [6.07, 6.45) is 0. The van der Waals surface area contributed by atoms with E-state index in [0.717, 1.165) is 5.56 Å². The third kappa shape index (κ3) is 4.18. The largest absolute Gasteiger partial charge is 0.495 e. The van der Waals surface area contributed by atoms with E-state index in [1.807, 2.05) is 25.1 Å². The van der Waals surface area contributed by atoms with E-state index >= 15 is 0 Å². The number of carbonyl (C=O) groups excluding carboxylic acids is 1. The summed E-state index contributed by atoms with van der Waals surface area (Å²) < 4.78 is 15.7. The molecule has 0 spiro atoms. The van der Waals surface area contributed by atoms with Crippen molar-refractivity contribution in [1.29, 1.82) is 0 Å². The first-order valence-electron chi connectivity index (χ1n) is 8.03. The van der Waals surface area contributed by atoms with Crippen molar-refractivity contribution in [3.63, 3.8) is 0 Å². The first kappa shape index (κ1) is 17.5. The Labute approximate surface area is 150 Å². The van der Waals surface area contributed by atoms with Gasteiger partial charge in [0.05, 0.1) is 12.8 Å². The molecule has 0 aliphatic rings. The fraction of sp³-hybridized carbons (Fsp3) is 0.211. The first-order valence-corrected chi connectivity index (χ1v) is 8.03. The van der Waals surface area contributed by atoms with Crippen LogP contribution in [-0.4, -0.2) is 23.2 Å². The van der Waals surface area contributed by atoms with Crippen molar-refractivity contribution >= 4 is 11.6 Å². The van der Waals surface area contributed by atoms with Crippen LogP contribution in [0.2, 0.25) is 0 Å². The van der Waals surface area contributed by atoms with Gasteiger partial charge in [-0.25, -0.2) is 0 Å². The van der Waals surface area contributed by atoms with Crippen molar-refractivity contribution < 1.29 is 18.8 Å². The number of amides is 1. The van der Waals surface area contributed by atoms with Gasteiger partial charge in [0.25, 0.3) is 5.91 Å². The maximum atomic E-state index is 12.4. The molecule has 1 aromatic heterocycles. The number of rotatable bonds is 6. The van der Waals surface area contributed by atoms with Gasteiger partial charge in [0, 0.05) is 12.5 Å². The normalized spacial score (nSPS) is 10.4. The van der Waals surface area contributed by atoms with Gasteiger partial charge in [0.1, 0.15) is 11.5 Å². The topological polar surface area (TPSA) is 86.5 Å². The molecule has 1 heterocycles. The van der Waals surface area contributed by atoms with Crippen LogP contribution in [0.4, 0.5) is 5.69 Å². The number of benzene rings is 2. The number of hydrogen-bond acceptors (Lipinski definition) is 6. The first-order chi connectivity index (χ1) is 12.5. The summed E-state index contributed by atoms with van der Waals surface area (Å²) in [6.45, 7) is 3.86. The third-order valence-electron chi connectivity index (χ3n) is 3.66. The van der Waals surface area contributed by atoms with Gasteiger partial charge in [-0.1, -0.05) is 11.2 Å². The highest BCUT2D eigenvalue weighted by atomic mass is 16.5. The maximum absolute atomic E-state index is 12.4. The number of nitrogens with zero attached hydrogens (tertiary/aromatic N) is 2. The van der Waals surface area contributed by atoms with Gasteiger partial charge in [0.2, 0.25) is 11.7 Å². The Morgan fingerprint density at radius 3 is 2.58 bits per heavy atom. The summed E-state index contributed by atoms with van der Waals surface area (Å²) in [6, 6.07) is 12.4. The van der Waals surface area contributed by atoms with E-state index < -0.39 is 0 Å². The summed E-state index contributed by atoms with van der Waals surface area (Å²) in [5.74, 6) is 1.95. The maximum Gasteiger partial charge on any atom is 0.255 e. The van der Waals surface area contributed by atoms with Gasteiger partial charge in [-0.15, -0.1) is 0 Å².